The predicted molar refractivity (Wildman–Crippen MR) is 459 cm³/mol. The van der Waals surface area contributed by atoms with Gasteiger partial charge in [0.2, 0.25) is 17.8 Å². The van der Waals surface area contributed by atoms with Gasteiger partial charge in [0, 0.05) is 181 Å². The Kier molecular flexibility index (Phi) is 32.7. The fourth-order valence-electron chi connectivity index (χ4n) is 11.2. The van der Waals surface area contributed by atoms with E-state index in [4.69, 9.17) is 49.0 Å². The summed E-state index contributed by atoms with van der Waals surface area (Å²) in [5.41, 5.74) is 3.16. The van der Waals surface area contributed by atoms with Crippen LogP contribution in [0.15, 0.2) is 129 Å². The standard InChI is InChI=1S/C26H36ClFN8O3S.C25H32ClFN8O3S.C25H34ClFN8O3S/c1-8-35(9-2)40(37,38)34-23-13-19(27)12-20(24(23)28)21-15-36(16(3)4)33-25(21)22-10-11-29-26(32-22)30-14-17(5)31-18(6)39-7;1-15(2)35-14-20(19-11-18(26)12-22(23(19)27)33-39(36,37)34-9-6-10-34)24(32-35)21-7-8-28-25(31-21)29-13-16(3)30-17(4)38-5;1-8-34(6)39(36,37)33-22-12-18(26)11-19(23(22)27)20-14-35(15(2)3)32-24(20)21-9-10-28-25(31-21)29-13-16(4)30-17(5)38-7/h10-13,15-17,31,34H,6,8-9,14H2,1-5,7H3,(H,29,30,32);7-8,11-12,14-16,30,33H,4,6,9-10,13H2,1-3,5H3,(H,28,29,31);9-12,14-16,30,33H,5,8,13H2,1-4,6-7H3,(H,28,29,31)/t17-;2*16-/m000/s1. The van der Waals surface area contributed by atoms with Crippen LogP contribution in [0.1, 0.15) is 108 Å². The lowest BCUT2D eigenvalue weighted by Crippen LogP contribution is -2.45. The van der Waals surface area contributed by atoms with Gasteiger partial charge in [-0.2, -0.15) is 53.5 Å². The van der Waals surface area contributed by atoms with Crippen LogP contribution in [0.5, 0.6) is 0 Å². The molecule has 0 aliphatic carbocycles. The molecule has 9 N–H and O–H groups in total. The molecule has 1 fully saturated rings. The van der Waals surface area contributed by atoms with Crippen molar-refractivity contribution in [1.82, 2.24) is 88.1 Å². The number of nitrogens with one attached hydrogen (secondary N) is 9. The number of benzene rings is 3. The fraction of sp³-hybridized carbons (Fsp3) is 0.408. The van der Waals surface area contributed by atoms with Crippen molar-refractivity contribution >= 4 is 100 Å². The summed E-state index contributed by atoms with van der Waals surface area (Å²) in [4.78, 5) is 26.6. The molecule has 1 aliphatic heterocycles. The summed E-state index contributed by atoms with van der Waals surface area (Å²) >= 11 is 19.0. The minimum Gasteiger partial charge on any atom is -0.483 e. The van der Waals surface area contributed by atoms with Crippen LogP contribution < -0.4 is 46.1 Å². The highest BCUT2D eigenvalue weighted by Crippen LogP contribution is 2.42. The summed E-state index contributed by atoms with van der Waals surface area (Å²) in [6.45, 7) is 36.6. The molecule has 10 rings (SSSR count). The molecule has 33 nitrogen and oxygen atoms in total. The largest absolute Gasteiger partial charge is 0.483 e. The molecule has 9 aromatic rings. The molecule has 7 heterocycles. The molecule has 0 radical (unpaired) electrons. The zero-order valence-corrected chi connectivity index (χ0v) is 73.2. The third-order valence-corrected chi connectivity index (χ3v) is 23.3. The molecule has 0 saturated carbocycles. The summed E-state index contributed by atoms with van der Waals surface area (Å²) in [6, 6.07) is 12.8. The summed E-state index contributed by atoms with van der Waals surface area (Å²) in [5, 5.41) is 33.2. The second-order valence-corrected chi connectivity index (χ2v) is 34.3. The van der Waals surface area contributed by atoms with Crippen molar-refractivity contribution in [3.8, 4) is 67.5 Å². The molecule has 118 heavy (non-hydrogen) atoms. The SMILES string of the molecule is C=C(N[C@@H](C)CNc1nccc(-c2nn(C(C)C)cc2-c2cc(Cl)cc(NS(=O)(=O)N(C)CC)c2F)n1)OC.C=C(N[C@@H](C)CNc1nccc(-c2nn(C(C)C)cc2-c2cc(Cl)cc(NS(=O)(=O)N(CC)CC)c2F)n1)OC.C=C(N[C@@H](C)CNc1nccc(-c2nn(C(C)C)cc2-c2cc(Cl)cc(NS(=O)(=O)N3CCC3)c2F)n1)OC. The third-order valence-electron chi connectivity index (χ3n) is 17.9. The number of nitrogens with zero attached hydrogens (tertiary/aromatic N) is 15. The molecule has 3 atom stereocenters. The Morgan fingerprint density at radius 2 is 0.780 bits per heavy atom. The van der Waals surface area contributed by atoms with Crippen LogP contribution in [-0.2, 0) is 44.8 Å². The van der Waals surface area contributed by atoms with Crippen LogP contribution in [0.3, 0.4) is 0 Å². The van der Waals surface area contributed by atoms with Gasteiger partial charge in [-0.05, 0) is 143 Å². The molecular formula is C76H102Cl3F3N24O9S3. The predicted octanol–water partition coefficient (Wildman–Crippen LogP) is 13.6. The summed E-state index contributed by atoms with van der Waals surface area (Å²) < 4.78 is 154. The maximum atomic E-state index is 16.0. The number of methoxy groups -OCH3 is 3. The Morgan fingerprint density at radius 1 is 0.475 bits per heavy atom. The van der Waals surface area contributed by atoms with E-state index in [1.807, 2.05) is 62.3 Å². The van der Waals surface area contributed by atoms with Crippen molar-refractivity contribution in [2.45, 2.75) is 126 Å². The van der Waals surface area contributed by atoms with Crippen molar-refractivity contribution in [2.75, 3.05) is 111 Å². The molecule has 0 unspecified atom stereocenters. The van der Waals surface area contributed by atoms with Gasteiger partial charge in [-0.25, -0.2) is 43.1 Å². The van der Waals surface area contributed by atoms with Crippen LogP contribution in [0.4, 0.5) is 48.1 Å². The Morgan fingerprint density at radius 3 is 1.05 bits per heavy atom. The Balaban J connectivity index is 0.000000221. The molecule has 1 saturated heterocycles. The topological polar surface area (TPSA) is 379 Å². The summed E-state index contributed by atoms with van der Waals surface area (Å²) in [6.07, 6.45) is 10.6. The highest BCUT2D eigenvalue weighted by atomic mass is 35.5. The monoisotopic (exact) mass is 1750 g/mol. The van der Waals surface area contributed by atoms with E-state index in [9.17, 15) is 25.3 Å². The van der Waals surface area contributed by atoms with Crippen LogP contribution in [0, 0.1) is 17.5 Å². The van der Waals surface area contributed by atoms with Gasteiger partial charge in [-0.15, -0.1) is 0 Å². The minimum absolute atomic E-state index is 0.0283. The van der Waals surface area contributed by atoms with Gasteiger partial charge in [0.15, 0.2) is 35.1 Å². The first-order valence-electron chi connectivity index (χ1n) is 37.5. The first kappa shape index (κ1) is 93.2. The lowest BCUT2D eigenvalue weighted by atomic mass is 10.0. The van der Waals surface area contributed by atoms with Crippen molar-refractivity contribution < 1.29 is 52.6 Å². The Bertz CT molecular complexity index is 5160. The highest BCUT2D eigenvalue weighted by Gasteiger charge is 2.32. The zero-order valence-electron chi connectivity index (χ0n) is 68.5. The Labute approximate surface area is 702 Å². The van der Waals surface area contributed by atoms with Gasteiger partial charge in [0.05, 0.1) is 55.5 Å². The summed E-state index contributed by atoms with van der Waals surface area (Å²) in [5.74, 6) is 0.0262. The van der Waals surface area contributed by atoms with E-state index in [1.54, 1.807) is 90.2 Å². The van der Waals surface area contributed by atoms with E-state index in [-0.39, 0.29) is 105 Å². The average molecular weight is 1760 g/mol. The number of rotatable bonds is 39. The second-order valence-electron chi connectivity index (χ2n) is 27.9. The number of anilines is 6. The quantitative estimate of drug-likeness (QED) is 0.0162. The van der Waals surface area contributed by atoms with Gasteiger partial charge in [-0.1, -0.05) is 55.6 Å². The lowest BCUT2D eigenvalue weighted by Gasteiger charge is -2.30. The average Bonchev–Trinajstić information content (AvgIpc) is 1.55. The normalized spacial score (nSPS) is 13.1. The number of hydrogen-bond acceptors (Lipinski definition) is 24. The van der Waals surface area contributed by atoms with Crippen LogP contribution in [0.2, 0.25) is 15.1 Å². The van der Waals surface area contributed by atoms with Crippen molar-refractivity contribution in [3.63, 3.8) is 0 Å². The molecule has 640 valence electrons. The molecule has 6 aromatic heterocycles. The number of ether oxygens (including phenoxy) is 3. The second kappa shape index (κ2) is 41.4. The van der Waals surface area contributed by atoms with Crippen LogP contribution in [0.25, 0.3) is 67.5 Å². The fourth-order valence-corrected chi connectivity index (χ4v) is 15.3. The van der Waals surface area contributed by atoms with Gasteiger partial charge in [-0.3, -0.25) is 28.2 Å². The van der Waals surface area contributed by atoms with Crippen LogP contribution >= 0.6 is 34.8 Å². The minimum atomic E-state index is -4.00. The van der Waals surface area contributed by atoms with Crippen molar-refractivity contribution in [1.29, 1.82) is 0 Å². The summed E-state index contributed by atoms with van der Waals surface area (Å²) in [7, 11) is -5.90. The molecule has 0 amide bonds. The molecule has 3 aromatic carbocycles. The zero-order chi connectivity index (χ0) is 86.8. The maximum Gasteiger partial charge on any atom is 0.301 e. The number of halogens is 6. The third kappa shape index (κ3) is 24.5. The van der Waals surface area contributed by atoms with Crippen molar-refractivity contribution in [3.05, 3.63) is 162 Å². The van der Waals surface area contributed by atoms with E-state index >= 15 is 13.2 Å². The smallest absolute Gasteiger partial charge is 0.301 e. The molecule has 42 heteroatoms. The maximum absolute atomic E-state index is 16.0. The van der Waals surface area contributed by atoms with Crippen molar-refractivity contribution in [2.24, 2.45) is 0 Å². The first-order valence-corrected chi connectivity index (χ1v) is 42.9. The van der Waals surface area contributed by atoms with E-state index in [2.05, 4.69) is 111 Å². The molecular weight excluding hydrogens is 1650 g/mol. The molecule has 0 bridgehead atoms. The van der Waals surface area contributed by atoms with Gasteiger partial charge in [0.1, 0.15) is 17.1 Å². The van der Waals surface area contributed by atoms with E-state index in [0.717, 1.165) is 10.7 Å². The van der Waals surface area contributed by atoms with Gasteiger partial charge in [0.25, 0.3) is 0 Å². The van der Waals surface area contributed by atoms with E-state index in [0.29, 0.717) is 119 Å². The molecule has 0 spiro atoms. The highest BCUT2D eigenvalue weighted by molar-refractivity contribution is 7.91. The first-order chi connectivity index (χ1) is 55.7. The molecule has 1 aliphatic rings. The van der Waals surface area contributed by atoms with Gasteiger partial charge < -0.3 is 46.1 Å². The van der Waals surface area contributed by atoms with Crippen LogP contribution in [-0.4, -0.2) is 196 Å². The van der Waals surface area contributed by atoms with Gasteiger partial charge >= 0.3 is 30.6 Å². The number of aromatic nitrogens is 12. The lowest BCUT2D eigenvalue weighted by molar-refractivity contribution is 0.255. The van der Waals surface area contributed by atoms with E-state index in [1.165, 1.54) is 73.4 Å². The van der Waals surface area contributed by atoms with E-state index < -0.39 is 48.1 Å². The Hall–Kier alpha value is -10.3. The number of hydrogen-bond donors (Lipinski definition) is 9.